The summed E-state index contributed by atoms with van der Waals surface area (Å²) < 4.78 is 13.2. The quantitative estimate of drug-likeness (QED) is 0.401. The molecule has 0 unspecified atom stereocenters. The van der Waals surface area contributed by atoms with Gasteiger partial charge >= 0.3 is 11.7 Å². The highest BCUT2D eigenvalue weighted by atomic mass is 16.5. The molecular weight excluding hydrogens is 434 g/mol. The van der Waals surface area contributed by atoms with Crippen LogP contribution in [0.4, 0.5) is 5.82 Å². The molecule has 0 bridgehead atoms. The largest absolute Gasteiger partial charge is 0.497 e. The number of esters is 1. The topological polar surface area (TPSA) is 100 Å². The number of hydrogen-bond donors (Lipinski definition) is 1. The van der Waals surface area contributed by atoms with Crippen molar-refractivity contribution in [3.8, 4) is 11.4 Å². The van der Waals surface area contributed by atoms with Gasteiger partial charge in [-0.2, -0.15) is 0 Å². The number of imidazole rings is 1. The van der Waals surface area contributed by atoms with E-state index in [0.717, 1.165) is 16.9 Å². The minimum atomic E-state index is -0.320. The molecule has 2 aromatic heterocycles. The number of nitrogens with zero attached hydrogens (tertiary/aromatic N) is 4. The van der Waals surface area contributed by atoms with E-state index in [1.165, 1.54) is 13.4 Å². The Kier molecular flexibility index (Phi) is 6.62. The Bertz CT molecular complexity index is 1360. The zero-order valence-corrected chi connectivity index (χ0v) is 19.6. The third-order valence-corrected chi connectivity index (χ3v) is 5.56. The first-order valence-corrected chi connectivity index (χ1v) is 10.9. The number of methoxy groups -OCH3 is 2. The summed E-state index contributed by atoms with van der Waals surface area (Å²) in [6.07, 6.45) is 1.62. The Balaban J connectivity index is 1.77. The van der Waals surface area contributed by atoms with Crippen LogP contribution in [-0.2, 0) is 22.5 Å². The van der Waals surface area contributed by atoms with Gasteiger partial charge in [-0.15, -0.1) is 0 Å². The van der Waals surface area contributed by atoms with Gasteiger partial charge in [-0.3, -0.25) is 13.9 Å². The lowest BCUT2D eigenvalue weighted by atomic mass is 10.1. The molecular formula is C25H27N5O4. The van der Waals surface area contributed by atoms with Crippen LogP contribution in [0, 0.1) is 0 Å². The molecule has 0 atom stereocenters. The third-order valence-electron chi connectivity index (χ3n) is 5.56. The van der Waals surface area contributed by atoms with Crippen LogP contribution in [0.1, 0.15) is 31.0 Å². The molecule has 0 fully saturated rings. The molecule has 0 aliphatic heterocycles. The molecule has 4 rings (SSSR count). The Morgan fingerprint density at radius 3 is 2.29 bits per heavy atom. The maximum atomic E-state index is 13.5. The average molecular weight is 462 g/mol. The number of carbonyl (C=O) groups is 1. The van der Waals surface area contributed by atoms with Crippen molar-refractivity contribution in [1.82, 2.24) is 19.1 Å². The number of anilines is 1. The highest BCUT2D eigenvalue weighted by Gasteiger charge is 2.21. The molecule has 0 aliphatic carbocycles. The van der Waals surface area contributed by atoms with Crippen molar-refractivity contribution in [3.63, 3.8) is 0 Å². The number of rotatable bonds is 8. The Morgan fingerprint density at radius 2 is 1.68 bits per heavy atom. The van der Waals surface area contributed by atoms with E-state index >= 15 is 0 Å². The monoisotopic (exact) mass is 461 g/mol. The van der Waals surface area contributed by atoms with Crippen LogP contribution in [0.15, 0.2) is 59.7 Å². The van der Waals surface area contributed by atoms with Crippen molar-refractivity contribution >= 4 is 23.0 Å². The number of benzene rings is 2. The minimum absolute atomic E-state index is 0.0980. The molecule has 34 heavy (non-hydrogen) atoms. The molecule has 0 radical (unpaired) electrons. The van der Waals surface area contributed by atoms with E-state index in [-0.39, 0.29) is 24.1 Å². The fourth-order valence-electron chi connectivity index (χ4n) is 3.81. The van der Waals surface area contributed by atoms with E-state index in [2.05, 4.69) is 15.3 Å². The number of aromatic nitrogens is 4. The van der Waals surface area contributed by atoms with Crippen molar-refractivity contribution in [2.75, 3.05) is 19.5 Å². The standard InChI is InChI=1S/C25H27N5O4/c1-16(2)29-24-22(23(27-15-28-24)26-14-18-7-11-20(33-3)12-8-18)30(25(29)32)19-9-5-17(6-10-19)13-21(31)34-4/h5-12,15-16H,13-14H2,1-4H3,(H,26,27,28). The summed E-state index contributed by atoms with van der Waals surface area (Å²) >= 11 is 0. The normalized spacial score (nSPS) is 11.1. The molecule has 9 heteroatoms. The number of fused-ring (bicyclic) bond motifs is 1. The molecule has 0 saturated carbocycles. The van der Waals surface area contributed by atoms with Gasteiger partial charge in [0.05, 0.1) is 26.3 Å². The third kappa shape index (κ3) is 4.50. The molecule has 176 valence electrons. The van der Waals surface area contributed by atoms with Crippen LogP contribution in [0.5, 0.6) is 5.75 Å². The van der Waals surface area contributed by atoms with E-state index in [9.17, 15) is 9.59 Å². The van der Waals surface area contributed by atoms with Crippen molar-refractivity contribution in [2.24, 2.45) is 0 Å². The fourth-order valence-corrected chi connectivity index (χ4v) is 3.81. The maximum absolute atomic E-state index is 13.5. The van der Waals surface area contributed by atoms with Gasteiger partial charge in [0, 0.05) is 12.6 Å². The summed E-state index contributed by atoms with van der Waals surface area (Å²) in [7, 11) is 2.99. The van der Waals surface area contributed by atoms with Crippen LogP contribution >= 0.6 is 0 Å². The van der Waals surface area contributed by atoms with E-state index in [1.807, 2.05) is 62.4 Å². The molecule has 2 heterocycles. The highest BCUT2D eigenvalue weighted by Crippen LogP contribution is 2.25. The Morgan fingerprint density at radius 1 is 1.00 bits per heavy atom. The second-order valence-corrected chi connectivity index (χ2v) is 8.10. The first kappa shape index (κ1) is 23.0. The van der Waals surface area contributed by atoms with E-state index in [0.29, 0.717) is 29.2 Å². The smallest absolute Gasteiger partial charge is 0.335 e. The predicted molar refractivity (Wildman–Crippen MR) is 130 cm³/mol. The second kappa shape index (κ2) is 9.78. The van der Waals surface area contributed by atoms with Crippen molar-refractivity contribution < 1.29 is 14.3 Å². The molecule has 0 amide bonds. The van der Waals surface area contributed by atoms with Crippen LogP contribution in [0.2, 0.25) is 0 Å². The maximum Gasteiger partial charge on any atom is 0.335 e. The zero-order valence-electron chi connectivity index (χ0n) is 19.6. The SMILES string of the molecule is COC(=O)Cc1ccc(-n2c(=O)n(C(C)C)c3ncnc(NCc4ccc(OC)cc4)c32)cc1. The highest BCUT2D eigenvalue weighted by molar-refractivity contribution is 5.85. The zero-order chi connectivity index (χ0) is 24.2. The van der Waals surface area contributed by atoms with Gasteiger partial charge in [0.15, 0.2) is 11.5 Å². The van der Waals surface area contributed by atoms with Crippen molar-refractivity contribution in [2.45, 2.75) is 32.9 Å². The van der Waals surface area contributed by atoms with Crippen LogP contribution < -0.4 is 15.7 Å². The first-order chi connectivity index (χ1) is 16.4. The molecule has 9 nitrogen and oxygen atoms in total. The van der Waals surface area contributed by atoms with Gasteiger partial charge in [0.1, 0.15) is 17.6 Å². The molecule has 1 N–H and O–H groups in total. The summed E-state index contributed by atoms with van der Waals surface area (Å²) in [5.74, 6) is 1.02. The van der Waals surface area contributed by atoms with E-state index in [4.69, 9.17) is 9.47 Å². The average Bonchev–Trinajstić information content (AvgIpc) is 3.16. The number of hydrogen-bond acceptors (Lipinski definition) is 7. The minimum Gasteiger partial charge on any atom is -0.497 e. The van der Waals surface area contributed by atoms with Gasteiger partial charge in [0.25, 0.3) is 0 Å². The summed E-state index contributed by atoms with van der Waals surface area (Å²) in [5, 5.41) is 3.35. The number of ether oxygens (including phenoxy) is 2. The molecule has 0 spiro atoms. The summed E-state index contributed by atoms with van der Waals surface area (Å²) in [5.41, 5.74) is 3.42. The predicted octanol–water partition coefficient (Wildman–Crippen LogP) is 3.50. The molecule has 0 saturated heterocycles. The summed E-state index contributed by atoms with van der Waals surface area (Å²) in [6.45, 7) is 4.39. The van der Waals surface area contributed by atoms with Gasteiger partial charge in [0.2, 0.25) is 0 Å². The van der Waals surface area contributed by atoms with Gasteiger partial charge in [-0.05, 0) is 49.2 Å². The van der Waals surface area contributed by atoms with Crippen LogP contribution in [0.3, 0.4) is 0 Å². The lowest BCUT2D eigenvalue weighted by Crippen LogP contribution is -2.24. The van der Waals surface area contributed by atoms with Crippen LogP contribution in [-0.4, -0.2) is 39.3 Å². The first-order valence-electron chi connectivity index (χ1n) is 10.9. The lowest BCUT2D eigenvalue weighted by Gasteiger charge is -2.10. The van der Waals surface area contributed by atoms with Gasteiger partial charge < -0.3 is 14.8 Å². The number of nitrogens with one attached hydrogen (secondary N) is 1. The van der Waals surface area contributed by atoms with E-state index < -0.39 is 0 Å². The fraction of sp³-hybridized carbons (Fsp3) is 0.280. The molecule has 0 aliphatic rings. The van der Waals surface area contributed by atoms with Crippen molar-refractivity contribution in [3.05, 3.63) is 76.5 Å². The Hall–Kier alpha value is -4.14. The summed E-state index contributed by atoms with van der Waals surface area (Å²) in [6, 6.07) is 14.9. The van der Waals surface area contributed by atoms with Crippen molar-refractivity contribution in [1.29, 1.82) is 0 Å². The van der Waals surface area contributed by atoms with Gasteiger partial charge in [-0.25, -0.2) is 14.8 Å². The number of carbonyl (C=O) groups excluding carboxylic acids is 1. The second-order valence-electron chi connectivity index (χ2n) is 8.10. The van der Waals surface area contributed by atoms with E-state index in [1.54, 1.807) is 16.2 Å². The van der Waals surface area contributed by atoms with Crippen LogP contribution in [0.25, 0.3) is 16.9 Å². The Labute approximate surface area is 197 Å². The lowest BCUT2D eigenvalue weighted by molar-refractivity contribution is -0.139. The molecule has 4 aromatic rings. The van der Waals surface area contributed by atoms with Gasteiger partial charge in [-0.1, -0.05) is 24.3 Å². The summed E-state index contributed by atoms with van der Waals surface area (Å²) in [4.78, 5) is 34.0. The molecule has 2 aromatic carbocycles.